The summed E-state index contributed by atoms with van der Waals surface area (Å²) in [5, 5.41) is 2.90. The van der Waals surface area contributed by atoms with E-state index in [-0.39, 0.29) is 5.91 Å². The Labute approximate surface area is 159 Å². The van der Waals surface area contributed by atoms with E-state index in [2.05, 4.69) is 36.5 Å². The lowest BCUT2D eigenvalue weighted by atomic mass is 10.1. The zero-order valence-corrected chi connectivity index (χ0v) is 16.3. The molecular formula is C21H25NO3S. The van der Waals surface area contributed by atoms with Crippen LogP contribution in [0.2, 0.25) is 0 Å². The minimum atomic E-state index is -0.120. The van der Waals surface area contributed by atoms with Crippen molar-refractivity contribution in [3.05, 3.63) is 65.2 Å². The van der Waals surface area contributed by atoms with Crippen molar-refractivity contribution in [2.75, 3.05) is 26.5 Å². The van der Waals surface area contributed by atoms with Crippen LogP contribution in [0.3, 0.4) is 0 Å². The Balaban J connectivity index is 1.74. The molecule has 0 unspecified atom stereocenters. The fraction of sp³-hybridized carbons (Fsp3) is 0.286. The van der Waals surface area contributed by atoms with Crippen LogP contribution < -0.4 is 14.8 Å². The van der Waals surface area contributed by atoms with Crippen LogP contribution in [0.1, 0.15) is 16.7 Å². The van der Waals surface area contributed by atoms with Gasteiger partial charge in [-0.05, 0) is 36.8 Å². The van der Waals surface area contributed by atoms with E-state index in [9.17, 15) is 4.79 Å². The first-order valence-corrected chi connectivity index (χ1v) is 9.59. The van der Waals surface area contributed by atoms with Gasteiger partial charge in [0.05, 0.1) is 14.2 Å². The normalized spacial score (nSPS) is 10.7. The number of nitrogens with one attached hydrogen (secondary N) is 1. The van der Waals surface area contributed by atoms with E-state index in [0.29, 0.717) is 12.3 Å². The molecule has 1 amide bonds. The second kappa shape index (κ2) is 10.6. The van der Waals surface area contributed by atoms with Crippen LogP contribution >= 0.6 is 11.8 Å². The molecular weight excluding hydrogens is 346 g/mol. The Bertz CT molecular complexity index is 741. The number of benzene rings is 2. The van der Waals surface area contributed by atoms with E-state index >= 15 is 0 Å². The molecule has 0 bridgehead atoms. The minimum Gasteiger partial charge on any atom is -0.497 e. The molecule has 0 saturated heterocycles. The van der Waals surface area contributed by atoms with Crippen LogP contribution in [-0.2, 0) is 10.5 Å². The summed E-state index contributed by atoms with van der Waals surface area (Å²) in [6, 6.07) is 14.0. The smallest absolute Gasteiger partial charge is 0.244 e. The van der Waals surface area contributed by atoms with Gasteiger partial charge in [0.15, 0.2) is 0 Å². The van der Waals surface area contributed by atoms with Gasteiger partial charge in [0.25, 0.3) is 0 Å². The Morgan fingerprint density at radius 1 is 1.12 bits per heavy atom. The van der Waals surface area contributed by atoms with E-state index in [1.165, 1.54) is 17.2 Å². The maximum atomic E-state index is 12.0. The highest BCUT2D eigenvalue weighted by Gasteiger charge is 2.03. The predicted molar refractivity (Wildman–Crippen MR) is 109 cm³/mol. The van der Waals surface area contributed by atoms with Crippen LogP contribution in [0.25, 0.3) is 6.08 Å². The molecule has 0 aromatic heterocycles. The van der Waals surface area contributed by atoms with Crippen LogP contribution in [0.4, 0.5) is 0 Å². The molecule has 0 heterocycles. The number of rotatable bonds is 9. The summed E-state index contributed by atoms with van der Waals surface area (Å²) in [4.78, 5) is 12.0. The van der Waals surface area contributed by atoms with Crippen molar-refractivity contribution in [1.29, 1.82) is 0 Å². The molecule has 26 heavy (non-hydrogen) atoms. The van der Waals surface area contributed by atoms with Crippen molar-refractivity contribution in [3.63, 3.8) is 0 Å². The van der Waals surface area contributed by atoms with Gasteiger partial charge in [-0.1, -0.05) is 29.8 Å². The van der Waals surface area contributed by atoms with Gasteiger partial charge in [0.1, 0.15) is 11.5 Å². The molecule has 138 valence electrons. The summed E-state index contributed by atoms with van der Waals surface area (Å²) >= 11 is 1.80. The first kappa shape index (κ1) is 19.9. The average Bonchev–Trinajstić information content (AvgIpc) is 2.67. The lowest BCUT2D eigenvalue weighted by Crippen LogP contribution is -2.23. The van der Waals surface area contributed by atoms with Crippen LogP contribution in [0.5, 0.6) is 11.5 Å². The van der Waals surface area contributed by atoms with E-state index in [4.69, 9.17) is 9.47 Å². The third-order valence-corrected chi connectivity index (χ3v) is 4.82. The number of aryl methyl sites for hydroxylation is 1. The number of hydrogen-bond acceptors (Lipinski definition) is 4. The number of methoxy groups -OCH3 is 2. The quantitative estimate of drug-likeness (QED) is 0.533. The first-order valence-electron chi connectivity index (χ1n) is 8.43. The topological polar surface area (TPSA) is 47.6 Å². The van der Waals surface area contributed by atoms with Gasteiger partial charge < -0.3 is 14.8 Å². The van der Waals surface area contributed by atoms with Crippen molar-refractivity contribution >= 4 is 23.7 Å². The predicted octanol–water partition coefficient (Wildman–Crippen LogP) is 4.08. The number of hydrogen-bond donors (Lipinski definition) is 1. The first-order chi connectivity index (χ1) is 12.6. The van der Waals surface area contributed by atoms with Crippen molar-refractivity contribution in [2.24, 2.45) is 0 Å². The van der Waals surface area contributed by atoms with Crippen molar-refractivity contribution < 1.29 is 14.3 Å². The fourth-order valence-corrected chi connectivity index (χ4v) is 3.13. The second-order valence-electron chi connectivity index (χ2n) is 5.77. The molecule has 0 radical (unpaired) electrons. The fourth-order valence-electron chi connectivity index (χ4n) is 2.31. The molecule has 0 aliphatic rings. The number of amides is 1. The van der Waals surface area contributed by atoms with Gasteiger partial charge in [-0.25, -0.2) is 0 Å². The molecule has 0 atom stereocenters. The van der Waals surface area contributed by atoms with Gasteiger partial charge in [-0.3, -0.25) is 4.79 Å². The Morgan fingerprint density at radius 3 is 2.58 bits per heavy atom. The third kappa shape index (κ3) is 6.48. The largest absolute Gasteiger partial charge is 0.497 e. The zero-order chi connectivity index (χ0) is 18.8. The molecule has 4 nitrogen and oxygen atoms in total. The summed E-state index contributed by atoms with van der Waals surface area (Å²) < 4.78 is 10.5. The van der Waals surface area contributed by atoms with Gasteiger partial charge in [-0.15, -0.1) is 0 Å². The molecule has 2 rings (SSSR count). The van der Waals surface area contributed by atoms with E-state index < -0.39 is 0 Å². The maximum Gasteiger partial charge on any atom is 0.244 e. The van der Waals surface area contributed by atoms with Crippen molar-refractivity contribution in [2.45, 2.75) is 12.7 Å². The standard InChI is InChI=1S/C21H25NO3S/c1-16-4-6-17(7-5-16)15-26-13-12-22-21(23)11-8-18-14-19(24-2)9-10-20(18)25-3/h4-11,14H,12-13,15H2,1-3H3,(H,22,23)/b11-8+. The zero-order valence-electron chi connectivity index (χ0n) is 15.5. The van der Waals surface area contributed by atoms with E-state index in [1.807, 2.05) is 18.2 Å². The molecule has 2 aromatic rings. The Hall–Kier alpha value is -2.40. The Kier molecular flexibility index (Phi) is 8.09. The highest BCUT2D eigenvalue weighted by Crippen LogP contribution is 2.25. The summed E-state index contributed by atoms with van der Waals surface area (Å²) in [5.74, 6) is 3.12. The molecule has 1 N–H and O–H groups in total. The van der Waals surface area contributed by atoms with Crippen LogP contribution in [-0.4, -0.2) is 32.4 Å². The Morgan fingerprint density at radius 2 is 1.88 bits per heavy atom. The van der Waals surface area contributed by atoms with E-state index in [1.54, 1.807) is 32.1 Å². The summed E-state index contributed by atoms with van der Waals surface area (Å²) in [7, 11) is 3.21. The molecule has 0 saturated carbocycles. The van der Waals surface area contributed by atoms with Crippen LogP contribution in [0.15, 0.2) is 48.5 Å². The van der Waals surface area contributed by atoms with Gasteiger partial charge in [0, 0.05) is 29.7 Å². The molecule has 0 aliphatic carbocycles. The lowest BCUT2D eigenvalue weighted by Gasteiger charge is -2.07. The average molecular weight is 372 g/mol. The van der Waals surface area contributed by atoms with Crippen molar-refractivity contribution in [3.8, 4) is 11.5 Å². The summed E-state index contributed by atoms with van der Waals surface area (Å²) in [6.45, 7) is 2.72. The van der Waals surface area contributed by atoms with E-state index in [0.717, 1.165) is 22.8 Å². The SMILES string of the molecule is COc1ccc(OC)c(/C=C/C(=O)NCCSCc2ccc(C)cc2)c1. The van der Waals surface area contributed by atoms with Gasteiger partial charge in [-0.2, -0.15) is 11.8 Å². The number of carbonyl (C=O) groups excluding carboxylic acids is 1. The molecule has 2 aromatic carbocycles. The number of ether oxygens (including phenoxy) is 2. The van der Waals surface area contributed by atoms with Crippen LogP contribution in [0, 0.1) is 6.92 Å². The minimum absolute atomic E-state index is 0.120. The monoisotopic (exact) mass is 371 g/mol. The highest BCUT2D eigenvalue weighted by atomic mass is 32.2. The maximum absolute atomic E-state index is 12.0. The molecule has 0 aliphatic heterocycles. The highest BCUT2D eigenvalue weighted by molar-refractivity contribution is 7.98. The third-order valence-electron chi connectivity index (χ3n) is 3.79. The summed E-state index contributed by atoms with van der Waals surface area (Å²) in [6.07, 6.45) is 3.25. The second-order valence-corrected chi connectivity index (χ2v) is 6.88. The number of thioether (sulfide) groups is 1. The summed E-state index contributed by atoms with van der Waals surface area (Å²) in [5.41, 5.74) is 3.37. The molecule has 0 spiro atoms. The molecule has 0 fully saturated rings. The molecule has 5 heteroatoms. The van der Waals surface area contributed by atoms with Gasteiger partial charge >= 0.3 is 0 Å². The lowest BCUT2D eigenvalue weighted by molar-refractivity contribution is -0.116. The number of carbonyl (C=O) groups is 1. The van der Waals surface area contributed by atoms with Gasteiger partial charge in [0.2, 0.25) is 5.91 Å². The van der Waals surface area contributed by atoms with Crippen molar-refractivity contribution in [1.82, 2.24) is 5.32 Å².